The third-order valence-corrected chi connectivity index (χ3v) is 3.80. The van der Waals surface area contributed by atoms with Gasteiger partial charge in [-0.2, -0.15) is 0 Å². The predicted molar refractivity (Wildman–Crippen MR) is 79.9 cm³/mol. The number of rotatable bonds is 6. The molecule has 0 aromatic carbocycles. The van der Waals surface area contributed by atoms with Gasteiger partial charge in [0.1, 0.15) is 5.65 Å². The molecule has 0 atom stereocenters. The number of aromatic nitrogens is 2. The van der Waals surface area contributed by atoms with E-state index in [0.717, 1.165) is 16.6 Å². The van der Waals surface area contributed by atoms with Crippen LogP contribution in [-0.4, -0.2) is 36.7 Å². The number of nitrogens with zero attached hydrogens (tertiary/aromatic N) is 1. The standard InChI is InChI=1S/C13H20N4O2S/c1-13(2,17-20(3,18)19)9-14-7-10-8-16-12-11(10)5-4-6-15-12/h4-6,8,14,17H,7,9H2,1-3H3,(H,15,16). The van der Waals surface area contributed by atoms with E-state index in [1.165, 1.54) is 6.26 Å². The molecule has 0 fully saturated rings. The zero-order chi connectivity index (χ0) is 14.8. The lowest BCUT2D eigenvalue weighted by Crippen LogP contribution is -2.49. The Hall–Kier alpha value is -1.44. The minimum atomic E-state index is -3.21. The Balaban J connectivity index is 1.96. The van der Waals surface area contributed by atoms with Gasteiger partial charge >= 0.3 is 0 Å². The van der Waals surface area contributed by atoms with Gasteiger partial charge in [-0.25, -0.2) is 18.1 Å². The smallest absolute Gasteiger partial charge is 0.209 e. The average Bonchev–Trinajstić information content (AvgIpc) is 2.69. The minimum absolute atomic E-state index is 0.530. The summed E-state index contributed by atoms with van der Waals surface area (Å²) in [5, 5.41) is 4.35. The van der Waals surface area contributed by atoms with E-state index in [1.54, 1.807) is 6.20 Å². The molecule has 0 saturated heterocycles. The number of nitrogens with one attached hydrogen (secondary N) is 3. The molecule has 0 amide bonds. The highest BCUT2D eigenvalue weighted by Gasteiger charge is 2.21. The first-order valence-corrected chi connectivity index (χ1v) is 8.27. The Kier molecular flexibility index (Phi) is 4.12. The maximum Gasteiger partial charge on any atom is 0.209 e. The molecule has 2 aromatic heterocycles. The highest BCUT2D eigenvalue weighted by Crippen LogP contribution is 2.15. The van der Waals surface area contributed by atoms with Gasteiger partial charge in [-0.05, 0) is 31.5 Å². The molecule has 2 rings (SSSR count). The summed E-state index contributed by atoms with van der Waals surface area (Å²) in [5.74, 6) is 0. The van der Waals surface area contributed by atoms with Gasteiger partial charge in [0, 0.05) is 36.4 Å². The Labute approximate surface area is 119 Å². The number of hydrogen-bond donors (Lipinski definition) is 3. The molecule has 0 radical (unpaired) electrons. The molecule has 0 aliphatic heterocycles. The Morgan fingerprint density at radius 1 is 1.40 bits per heavy atom. The summed E-state index contributed by atoms with van der Waals surface area (Å²) in [6, 6.07) is 3.91. The summed E-state index contributed by atoms with van der Waals surface area (Å²) in [6.07, 6.45) is 4.83. The van der Waals surface area contributed by atoms with E-state index in [-0.39, 0.29) is 0 Å². The molecule has 7 heteroatoms. The predicted octanol–water partition coefficient (Wildman–Crippen LogP) is 0.980. The fourth-order valence-electron chi connectivity index (χ4n) is 2.21. The van der Waals surface area contributed by atoms with Gasteiger partial charge in [0.05, 0.1) is 6.26 Å². The minimum Gasteiger partial charge on any atom is -0.346 e. The van der Waals surface area contributed by atoms with Gasteiger partial charge in [-0.3, -0.25) is 0 Å². The maximum absolute atomic E-state index is 11.3. The van der Waals surface area contributed by atoms with E-state index in [2.05, 4.69) is 20.0 Å². The highest BCUT2D eigenvalue weighted by atomic mass is 32.2. The summed E-state index contributed by atoms with van der Waals surface area (Å²) in [5.41, 5.74) is 1.44. The van der Waals surface area contributed by atoms with Crippen LogP contribution < -0.4 is 10.0 Å². The molecule has 0 spiro atoms. The molecular formula is C13H20N4O2S. The van der Waals surface area contributed by atoms with E-state index in [0.29, 0.717) is 13.1 Å². The van der Waals surface area contributed by atoms with Crippen LogP contribution in [0.1, 0.15) is 19.4 Å². The van der Waals surface area contributed by atoms with Crippen LogP contribution in [0, 0.1) is 0 Å². The number of aromatic amines is 1. The normalized spacial score (nSPS) is 12.9. The lowest BCUT2D eigenvalue weighted by atomic mass is 10.1. The van der Waals surface area contributed by atoms with Crippen molar-refractivity contribution in [1.82, 2.24) is 20.0 Å². The number of H-pyrrole nitrogens is 1. The second-order valence-electron chi connectivity index (χ2n) is 5.58. The Morgan fingerprint density at radius 3 is 2.85 bits per heavy atom. The molecule has 6 nitrogen and oxygen atoms in total. The van der Waals surface area contributed by atoms with E-state index >= 15 is 0 Å². The molecule has 0 saturated carbocycles. The van der Waals surface area contributed by atoms with Crippen molar-refractivity contribution in [1.29, 1.82) is 0 Å². The van der Waals surface area contributed by atoms with Gasteiger partial charge in [-0.1, -0.05) is 0 Å². The monoisotopic (exact) mass is 296 g/mol. The van der Waals surface area contributed by atoms with Crippen LogP contribution in [0.2, 0.25) is 0 Å². The second kappa shape index (κ2) is 5.51. The topological polar surface area (TPSA) is 86.9 Å². The number of fused-ring (bicyclic) bond motifs is 1. The summed E-state index contributed by atoms with van der Waals surface area (Å²) >= 11 is 0. The molecule has 2 aromatic rings. The fraction of sp³-hybridized carbons (Fsp3) is 0.462. The molecule has 2 heterocycles. The van der Waals surface area contributed by atoms with Crippen molar-refractivity contribution in [2.24, 2.45) is 0 Å². The zero-order valence-corrected chi connectivity index (χ0v) is 12.7. The van der Waals surface area contributed by atoms with E-state index in [9.17, 15) is 8.42 Å². The van der Waals surface area contributed by atoms with Crippen molar-refractivity contribution in [3.8, 4) is 0 Å². The molecule has 0 unspecified atom stereocenters. The maximum atomic E-state index is 11.3. The Morgan fingerprint density at radius 2 is 2.15 bits per heavy atom. The van der Waals surface area contributed by atoms with Crippen LogP contribution in [0.5, 0.6) is 0 Å². The summed E-state index contributed by atoms with van der Waals surface area (Å²) in [7, 11) is -3.21. The van der Waals surface area contributed by atoms with Gasteiger partial charge in [0.15, 0.2) is 0 Å². The third-order valence-electron chi connectivity index (χ3n) is 2.88. The third kappa shape index (κ3) is 4.03. The van der Waals surface area contributed by atoms with Gasteiger partial charge in [0.25, 0.3) is 0 Å². The SMILES string of the molecule is CC(C)(CNCc1c[nH]c2ncccc12)NS(C)(=O)=O. The fourth-order valence-corrected chi connectivity index (χ4v) is 3.28. The molecule has 0 aliphatic carbocycles. The first-order valence-electron chi connectivity index (χ1n) is 6.37. The van der Waals surface area contributed by atoms with E-state index in [4.69, 9.17) is 0 Å². The highest BCUT2D eigenvalue weighted by molar-refractivity contribution is 7.88. The molecule has 0 bridgehead atoms. The van der Waals surface area contributed by atoms with Crippen LogP contribution in [0.3, 0.4) is 0 Å². The zero-order valence-electron chi connectivity index (χ0n) is 11.9. The average molecular weight is 296 g/mol. The van der Waals surface area contributed by atoms with Crippen molar-refractivity contribution >= 4 is 21.1 Å². The summed E-state index contributed by atoms with van der Waals surface area (Å²) < 4.78 is 25.1. The number of sulfonamides is 1. The van der Waals surface area contributed by atoms with Crippen molar-refractivity contribution in [3.05, 3.63) is 30.1 Å². The van der Waals surface area contributed by atoms with Crippen LogP contribution in [0.25, 0.3) is 11.0 Å². The van der Waals surface area contributed by atoms with Crippen molar-refractivity contribution in [3.63, 3.8) is 0 Å². The number of hydrogen-bond acceptors (Lipinski definition) is 4. The lowest BCUT2D eigenvalue weighted by molar-refractivity contribution is 0.421. The first kappa shape index (κ1) is 15.0. The molecule has 3 N–H and O–H groups in total. The van der Waals surface area contributed by atoms with Crippen LogP contribution >= 0.6 is 0 Å². The van der Waals surface area contributed by atoms with Crippen LogP contribution in [0.4, 0.5) is 0 Å². The van der Waals surface area contributed by atoms with Gasteiger partial charge in [0.2, 0.25) is 10.0 Å². The van der Waals surface area contributed by atoms with Gasteiger partial charge in [-0.15, -0.1) is 0 Å². The van der Waals surface area contributed by atoms with Crippen molar-refractivity contribution in [2.75, 3.05) is 12.8 Å². The Bertz CT molecular complexity index is 691. The number of pyridine rings is 1. The summed E-state index contributed by atoms with van der Waals surface area (Å²) in [6.45, 7) is 4.88. The van der Waals surface area contributed by atoms with Crippen molar-refractivity contribution in [2.45, 2.75) is 25.9 Å². The molecular weight excluding hydrogens is 276 g/mol. The quantitative estimate of drug-likeness (QED) is 0.741. The lowest BCUT2D eigenvalue weighted by Gasteiger charge is -2.25. The van der Waals surface area contributed by atoms with Crippen molar-refractivity contribution < 1.29 is 8.42 Å². The van der Waals surface area contributed by atoms with Crippen LogP contribution in [0.15, 0.2) is 24.5 Å². The second-order valence-corrected chi connectivity index (χ2v) is 7.32. The van der Waals surface area contributed by atoms with E-state index < -0.39 is 15.6 Å². The first-order chi connectivity index (χ1) is 9.27. The van der Waals surface area contributed by atoms with E-state index in [1.807, 2.05) is 32.2 Å². The largest absolute Gasteiger partial charge is 0.346 e. The van der Waals surface area contributed by atoms with Crippen LogP contribution in [-0.2, 0) is 16.6 Å². The molecule has 110 valence electrons. The summed E-state index contributed by atoms with van der Waals surface area (Å²) in [4.78, 5) is 7.34. The molecule has 0 aliphatic rings. The molecule has 20 heavy (non-hydrogen) atoms. The van der Waals surface area contributed by atoms with Gasteiger partial charge < -0.3 is 10.3 Å².